The Morgan fingerprint density at radius 2 is 1.80 bits per heavy atom. The molecule has 0 radical (unpaired) electrons. The molecule has 4 rings (SSSR count). The van der Waals surface area contributed by atoms with E-state index in [1.807, 2.05) is 30.3 Å². The average Bonchev–Trinajstić information content (AvgIpc) is 2.89. The smallest absolute Gasteiger partial charge is 0.259 e. The zero-order valence-electron chi connectivity index (χ0n) is 13.5. The molecule has 3 aromatic carbocycles. The SMILES string of the molecule is C[C@H](C(=O)Nc1cccc(Cl)c1)N1C(=O)c2cccc3cccc1c23. The van der Waals surface area contributed by atoms with Crippen LogP contribution in [0.4, 0.5) is 11.4 Å². The number of rotatable bonds is 3. The van der Waals surface area contributed by atoms with E-state index >= 15 is 0 Å². The van der Waals surface area contributed by atoms with Gasteiger partial charge in [0.15, 0.2) is 0 Å². The van der Waals surface area contributed by atoms with Crippen LogP contribution in [0.3, 0.4) is 0 Å². The summed E-state index contributed by atoms with van der Waals surface area (Å²) < 4.78 is 0. The zero-order valence-corrected chi connectivity index (χ0v) is 14.2. The Morgan fingerprint density at radius 3 is 2.56 bits per heavy atom. The standard InChI is InChI=1S/C20H15ClN2O2/c1-12(19(24)22-15-8-4-7-14(21)11-15)23-17-10-3-6-13-5-2-9-16(18(13)17)20(23)25/h2-12H,1H3,(H,22,24)/t12-/m1/s1. The summed E-state index contributed by atoms with van der Waals surface area (Å²) in [6.45, 7) is 1.72. The first kappa shape index (κ1) is 15.7. The van der Waals surface area contributed by atoms with Crippen molar-refractivity contribution in [3.8, 4) is 0 Å². The molecule has 0 saturated carbocycles. The maximum atomic E-state index is 12.9. The number of nitrogens with one attached hydrogen (secondary N) is 1. The Kier molecular flexibility index (Phi) is 3.70. The van der Waals surface area contributed by atoms with Crippen LogP contribution in [0.1, 0.15) is 17.3 Å². The molecule has 2 amide bonds. The molecule has 0 spiro atoms. The second kappa shape index (κ2) is 5.90. The number of hydrogen-bond acceptors (Lipinski definition) is 2. The number of anilines is 2. The van der Waals surface area contributed by atoms with Crippen molar-refractivity contribution in [3.05, 3.63) is 71.2 Å². The van der Waals surface area contributed by atoms with E-state index in [2.05, 4.69) is 5.32 Å². The summed E-state index contributed by atoms with van der Waals surface area (Å²) in [4.78, 5) is 27.1. The molecule has 0 aromatic heterocycles. The molecule has 1 heterocycles. The van der Waals surface area contributed by atoms with Gasteiger partial charge < -0.3 is 5.32 Å². The molecule has 4 nitrogen and oxygen atoms in total. The first-order valence-corrected chi connectivity index (χ1v) is 8.36. The predicted molar refractivity (Wildman–Crippen MR) is 100 cm³/mol. The molecule has 0 fully saturated rings. The highest BCUT2D eigenvalue weighted by Crippen LogP contribution is 2.38. The number of nitrogens with zero attached hydrogens (tertiary/aromatic N) is 1. The third-order valence-corrected chi connectivity index (χ3v) is 4.69. The van der Waals surface area contributed by atoms with Crippen LogP contribution in [0.2, 0.25) is 5.02 Å². The van der Waals surface area contributed by atoms with Crippen LogP contribution in [-0.4, -0.2) is 17.9 Å². The molecule has 0 saturated heterocycles. The fourth-order valence-electron chi connectivity index (χ4n) is 3.25. The largest absolute Gasteiger partial charge is 0.324 e. The van der Waals surface area contributed by atoms with Gasteiger partial charge in [0.1, 0.15) is 6.04 Å². The summed E-state index contributed by atoms with van der Waals surface area (Å²) in [5, 5.41) is 5.26. The Hall–Kier alpha value is -2.85. The lowest BCUT2D eigenvalue weighted by Crippen LogP contribution is -2.44. The Balaban J connectivity index is 1.67. The van der Waals surface area contributed by atoms with E-state index in [0.29, 0.717) is 16.3 Å². The maximum absolute atomic E-state index is 12.9. The van der Waals surface area contributed by atoms with Crippen LogP contribution in [0.15, 0.2) is 60.7 Å². The Morgan fingerprint density at radius 1 is 1.08 bits per heavy atom. The molecule has 25 heavy (non-hydrogen) atoms. The van der Waals surface area contributed by atoms with Crippen LogP contribution in [-0.2, 0) is 4.79 Å². The number of hydrogen-bond donors (Lipinski definition) is 1. The highest BCUT2D eigenvalue weighted by atomic mass is 35.5. The van der Waals surface area contributed by atoms with Crippen LogP contribution >= 0.6 is 11.6 Å². The summed E-state index contributed by atoms with van der Waals surface area (Å²) in [6, 6.07) is 17.7. The fourth-order valence-corrected chi connectivity index (χ4v) is 3.44. The van der Waals surface area contributed by atoms with Gasteiger partial charge in [0, 0.05) is 21.7 Å². The lowest BCUT2D eigenvalue weighted by molar-refractivity contribution is -0.117. The van der Waals surface area contributed by atoms with E-state index < -0.39 is 6.04 Å². The molecule has 1 aliphatic rings. The number of benzene rings is 3. The lowest BCUT2D eigenvalue weighted by Gasteiger charge is -2.24. The van der Waals surface area contributed by atoms with Gasteiger partial charge >= 0.3 is 0 Å². The van der Waals surface area contributed by atoms with Crippen molar-refractivity contribution >= 4 is 45.6 Å². The summed E-state index contributed by atoms with van der Waals surface area (Å²) in [7, 11) is 0. The minimum absolute atomic E-state index is 0.152. The highest BCUT2D eigenvalue weighted by Gasteiger charge is 2.35. The molecule has 0 unspecified atom stereocenters. The molecule has 124 valence electrons. The van der Waals surface area contributed by atoms with Crippen LogP contribution in [0.25, 0.3) is 10.8 Å². The third kappa shape index (κ3) is 2.55. The quantitative estimate of drug-likeness (QED) is 0.757. The van der Waals surface area contributed by atoms with Gasteiger partial charge in [0.2, 0.25) is 5.91 Å². The van der Waals surface area contributed by atoms with Crippen molar-refractivity contribution in [2.75, 3.05) is 10.2 Å². The Bertz CT molecular complexity index is 1010. The summed E-state index contributed by atoms with van der Waals surface area (Å²) in [6.07, 6.45) is 0. The predicted octanol–water partition coefficient (Wildman–Crippen LogP) is 4.48. The molecule has 5 heteroatoms. The second-order valence-electron chi connectivity index (χ2n) is 6.03. The molecular formula is C20H15ClN2O2. The molecule has 0 bridgehead atoms. The first-order chi connectivity index (χ1) is 12.1. The number of carbonyl (C=O) groups is 2. The zero-order chi connectivity index (χ0) is 17.6. The van der Waals surface area contributed by atoms with Crippen LogP contribution in [0.5, 0.6) is 0 Å². The maximum Gasteiger partial charge on any atom is 0.259 e. The van der Waals surface area contributed by atoms with E-state index in [1.165, 1.54) is 0 Å². The molecule has 1 aliphatic heterocycles. The van der Waals surface area contributed by atoms with Crippen LogP contribution < -0.4 is 10.2 Å². The van der Waals surface area contributed by atoms with E-state index in [0.717, 1.165) is 16.5 Å². The minimum Gasteiger partial charge on any atom is -0.324 e. The van der Waals surface area contributed by atoms with Crippen molar-refractivity contribution in [2.24, 2.45) is 0 Å². The van der Waals surface area contributed by atoms with Gasteiger partial charge in [-0.1, -0.05) is 41.9 Å². The van der Waals surface area contributed by atoms with E-state index in [4.69, 9.17) is 11.6 Å². The second-order valence-corrected chi connectivity index (χ2v) is 6.47. The van der Waals surface area contributed by atoms with Gasteiger partial charge in [-0.3, -0.25) is 14.5 Å². The van der Waals surface area contributed by atoms with Crippen LogP contribution in [0, 0.1) is 0 Å². The number of carbonyl (C=O) groups excluding carboxylic acids is 2. The summed E-state index contributed by atoms with van der Waals surface area (Å²) in [5.41, 5.74) is 2.01. The number of halogens is 1. The molecule has 3 aromatic rings. The minimum atomic E-state index is -0.649. The molecule has 1 atom stereocenters. The molecule has 0 aliphatic carbocycles. The van der Waals surface area contributed by atoms with Crippen molar-refractivity contribution in [3.63, 3.8) is 0 Å². The van der Waals surface area contributed by atoms with Gasteiger partial charge in [0.05, 0.1) is 5.69 Å². The lowest BCUT2D eigenvalue weighted by atomic mass is 10.1. The van der Waals surface area contributed by atoms with Crippen molar-refractivity contribution in [2.45, 2.75) is 13.0 Å². The highest BCUT2D eigenvalue weighted by molar-refractivity contribution is 6.31. The normalized spacial score (nSPS) is 14.0. The van der Waals surface area contributed by atoms with Gasteiger partial charge in [-0.25, -0.2) is 0 Å². The third-order valence-electron chi connectivity index (χ3n) is 4.45. The van der Waals surface area contributed by atoms with Gasteiger partial charge in [-0.05, 0) is 42.6 Å². The van der Waals surface area contributed by atoms with Crippen molar-refractivity contribution in [1.29, 1.82) is 0 Å². The monoisotopic (exact) mass is 350 g/mol. The van der Waals surface area contributed by atoms with Gasteiger partial charge in [-0.2, -0.15) is 0 Å². The fraction of sp³-hybridized carbons (Fsp3) is 0.100. The topological polar surface area (TPSA) is 49.4 Å². The van der Waals surface area contributed by atoms with Crippen molar-refractivity contribution < 1.29 is 9.59 Å². The Labute approximate surface area is 150 Å². The molecular weight excluding hydrogens is 336 g/mol. The summed E-state index contributed by atoms with van der Waals surface area (Å²) >= 11 is 5.96. The van der Waals surface area contributed by atoms with Crippen molar-refractivity contribution in [1.82, 2.24) is 0 Å². The average molecular weight is 351 g/mol. The molecule has 1 N–H and O–H groups in total. The van der Waals surface area contributed by atoms with Gasteiger partial charge in [0.25, 0.3) is 5.91 Å². The summed E-state index contributed by atoms with van der Waals surface area (Å²) in [5.74, 6) is -0.416. The van der Waals surface area contributed by atoms with Gasteiger partial charge in [-0.15, -0.1) is 0 Å². The first-order valence-electron chi connectivity index (χ1n) is 7.98. The van der Waals surface area contributed by atoms with E-state index in [1.54, 1.807) is 42.2 Å². The van der Waals surface area contributed by atoms with E-state index in [-0.39, 0.29) is 11.8 Å². The number of amides is 2. The van der Waals surface area contributed by atoms with E-state index in [9.17, 15) is 9.59 Å².